The van der Waals surface area contributed by atoms with Crippen molar-refractivity contribution in [1.29, 1.82) is 0 Å². The molecule has 0 saturated carbocycles. The Morgan fingerprint density at radius 3 is 2.29 bits per heavy atom. The Balaban J connectivity index is 1.84. The van der Waals surface area contributed by atoms with Crippen LogP contribution in [0.4, 0.5) is 0 Å². The molecule has 21 heavy (non-hydrogen) atoms. The van der Waals surface area contributed by atoms with Gasteiger partial charge in [0.05, 0.1) is 6.61 Å². The fourth-order valence-corrected chi connectivity index (χ4v) is 2.34. The van der Waals surface area contributed by atoms with Crippen LogP contribution in [0.2, 0.25) is 0 Å². The van der Waals surface area contributed by atoms with Gasteiger partial charge in [-0.3, -0.25) is 0 Å². The van der Waals surface area contributed by atoms with Gasteiger partial charge in [0.15, 0.2) is 0 Å². The largest absolute Gasteiger partial charge is 0.507 e. The molecule has 0 fully saturated rings. The Kier molecular flexibility index (Phi) is 6.14. The van der Waals surface area contributed by atoms with Crippen LogP contribution in [0.5, 0.6) is 11.5 Å². The quantitative estimate of drug-likeness (QED) is 0.657. The van der Waals surface area contributed by atoms with Crippen molar-refractivity contribution in [2.24, 2.45) is 0 Å². The lowest BCUT2D eigenvalue weighted by molar-refractivity contribution is 0.304. The molecule has 0 heterocycles. The number of phenolic OH excluding ortho intramolecular Hbond substituents is 1. The summed E-state index contributed by atoms with van der Waals surface area (Å²) in [5.41, 5.74) is 1.85. The maximum atomic E-state index is 9.85. The van der Waals surface area contributed by atoms with Gasteiger partial charge in [-0.25, -0.2) is 0 Å². The normalized spacial score (nSPS) is 10.5. The number of unbranched alkanes of at least 4 members (excludes halogenated alkanes) is 4. The van der Waals surface area contributed by atoms with Crippen LogP contribution in [0.1, 0.15) is 39.0 Å². The van der Waals surface area contributed by atoms with Crippen LogP contribution in [0.3, 0.4) is 0 Å². The first-order valence-electron chi connectivity index (χ1n) is 7.82. The first kappa shape index (κ1) is 15.4. The van der Waals surface area contributed by atoms with E-state index in [1.165, 1.54) is 25.7 Å². The second-order valence-electron chi connectivity index (χ2n) is 5.30. The highest BCUT2D eigenvalue weighted by atomic mass is 16.5. The molecule has 2 nitrogen and oxygen atoms in total. The molecule has 0 bridgehead atoms. The van der Waals surface area contributed by atoms with E-state index in [4.69, 9.17) is 4.74 Å². The summed E-state index contributed by atoms with van der Waals surface area (Å²) in [6.45, 7) is 3.00. The average Bonchev–Trinajstić information content (AvgIpc) is 2.52. The molecule has 0 aliphatic carbocycles. The minimum atomic E-state index is 0.307. The molecular formula is C19H24O2. The molecule has 0 spiro atoms. The van der Waals surface area contributed by atoms with Crippen molar-refractivity contribution >= 4 is 0 Å². The zero-order chi connectivity index (χ0) is 14.9. The second-order valence-corrected chi connectivity index (χ2v) is 5.30. The predicted octanol–water partition coefficient (Wildman–Crippen LogP) is 5.41. The number of aromatic hydroxyl groups is 1. The first-order chi connectivity index (χ1) is 10.3. The number of hydrogen-bond donors (Lipinski definition) is 1. The van der Waals surface area contributed by atoms with Crippen LogP contribution < -0.4 is 4.74 Å². The minimum absolute atomic E-state index is 0.307. The summed E-state index contributed by atoms with van der Waals surface area (Å²) < 4.78 is 5.74. The van der Waals surface area contributed by atoms with Crippen LogP contribution in [-0.4, -0.2) is 11.7 Å². The van der Waals surface area contributed by atoms with Gasteiger partial charge in [-0.15, -0.1) is 0 Å². The third-order valence-electron chi connectivity index (χ3n) is 3.59. The number of ether oxygens (including phenoxy) is 1. The SMILES string of the molecule is CCCCCCCOc1ccc(-c2ccccc2O)cc1. The van der Waals surface area contributed by atoms with Gasteiger partial charge in [0.2, 0.25) is 0 Å². The number of benzene rings is 2. The molecule has 2 heteroatoms. The Morgan fingerprint density at radius 1 is 0.857 bits per heavy atom. The monoisotopic (exact) mass is 284 g/mol. The summed E-state index contributed by atoms with van der Waals surface area (Å²) in [7, 11) is 0. The third-order valence-corrected chi connectivity index (χ3v) is 3.59. The lowest BCUT2D eigenvalue weighted by Crippen LogP contribution is -1.97. The fraction of sp³-hybridized carbons (Fsp3) is 0.368. The van der Waals surface area contributed by atoms with E-state index in [0.29, 0.717) is 5.75 Å². The summed E-state index contributed by atoms with van der Waals surface area (Å²) >= 11 is 0. The zero-order valence-electron chi connectivity index (χ0n) is 12.7. The third kappa shape index (κ3) is 4.82. The zero-order valence-corrected chi connectivity index (χ0v) is 12.7. The molecule has 1 N–H and O–H groups in total. The van der Waals surface area contributed by atoms with Crippen LogP contribution in [0, 0.1) is 0 Å². The molecule has 2 rings (SSSR count). The molecule has 0 unspecified atom stereocenters. The van der Waals surface area contributed by atoms with E-state index in [9.17, 15) is 5.11 Å². The molecule has 0 aliphatic heterocycles. The van der Waals surface area contributed by atoms with E-state index in [1.807, 2.05) is 42.5 Å². The molecule has 2 aromatic rings. The van der Waals surface area contributed by atoms with Crippen molar-refractivity contribution in [2.45, 2.75) is 39.0 Å². The molecule has 112 valence electrons. The van der Waals surface area contributed by atoms with Gasteiger partial charge in [0.25, 0.3) is 0 Å². The van der Waals surface area contributed by atoms with E-state index in [2.05, 4.69) is 6.92 Å². The van der Waals surface area contributed by atoms with Crippen molar-refractivity contribution < 1.29 is 9.84 Å². The number of hydrogen-bond acceptors (Lipinski definition) is 2. The Morgan fingerprint density at radius 2 is 1.57 bits per heavy atom. The van der Waals surface area contributed by atoms with Crippen molar-refractivity contribution in [3.8, 4) is 22.6 Å². The molecular weight excluding hydrogens is 260 g/mol. The highest BCUT2D eigenvalue weighted by Gasteiger charge is 2.03. The molecule has 0 atom stereocenters. The van der Waals surface area contributed by atoms with E-state index in [0.717, 1.165) is 29.9 Å². The maximum Gasteiger partial charge on any atom is 0.123 e. The summed E-state index contributed by atoms with van der Waals surface area (Å²) in [6, 6.07) is 15.3. The molecule has 0 saturated heterocycles. The Hall–Kier alpha value is -1.96. The van der Waals surface area contributed by atoms with E-state index >= 15 is 0 Å². The van der Waals surface area contributed by atoms with E-state index < -0.39 is 0 Å². The van der Waals surface area contributed by atoms with Crippen LogP contribution in [0.15, 0.2) is 48.5 Å². The highest BCUT2D eigenvalue weighted by molar-refractivity contribution is 5.70. The number of phenols is 1. The van der Waals surface area contributed by atoms with Crippen molar-refractivity contribution in [2.75, 3.05) is 6.61 Å². The standard InChI is InChI=1S/C19H24O2/c1-2-3-4-5-8-15-21-17-13-11-16(12-14-17)18-9-6-7-10-19(18)20/h6-7,9-14,20H,2-5,8,15H2,1H3. The van der Waals surface area contributed by atoms with Gasteiger partial charge in [0.1, 0.15) is 11.5 Å². The lowest BCUT2D eigenvalue weighted by atomic mass is 10.0. The topological polar surface area (TPSA) is 29.5 Å². The van der Waals surface area contributed by atoms with Crippen molar-refractivity contribution in [3.05, 3.63) is 48.5 Å². The fourth-order valence-electron chi connectivity index (χ4n) is 2.34. The molecule has 2 aromatic carbocycles. The summed E-state index contributed by atoms with van der Waals surface area (Å²) in [5.74, 6) is 1.20. The minimum Gasteiger partial charge on any atom is -0.507 e. The predicted molar refractivity (Wildman–Crippen MR) is 87.8 cm³/mol. The van der Waals surface area contributed by atoms with Gasteiger partial charge in [0, 0.05) is 5.56 Å². The van der Waals surface area contributed by atoms with Gasteiger partial charge >= 0.3 is 0 Å². The van der Waals surface area contributed by atoms with Gasteiger partial charge in [-0.1, -0.05) is 62.9 Å². The number of rotatable bonds is 8. The molecule has 0 radical (unpaired) electrons. The lowest BCUT2D eigenvalue weighted by Gasteiger charge is -2.08. The maximum absolute atomic E-state index is 9.85. The summed E-state index contributed by atoms with van der Waals surface area (Å²) in [4.78, 5) is 0. The smallest absolute Gasteiger partial charge is 0.123 e. The van der Waals surface area contributed by atoms with Crippen LogP contribution in [0.25, 0.3) is 11.1 Å². The van der Waals surface area contributed by atoms with E-state index in [-0.39, 0.29) is 0 Å². The van der Waals surface area contributed by atoms with Gasteiger partial charge in [-0.2, -0.15) is 0 Å². The molecule has 0 aromatic heterocycles. The highest BCUT2D eigenvalue weighted by Crippen LogP contribution is 2.29. The number of para-hydroxylation sites is 1. The molecule has 0 amide bonds. The molecule has 0 aliphatic rings. The average molecular weight is 284 g/mol. The van der Waals surface area contributed by atoms with Crippen LogP contribution in [-0.2, 0) is 0 Å². The van der Waals surface area contributed by atoms with Crippen LogP contribution >= 0.6 is 0 Å². The summed E-state index contributed by atoms with van der Waals surface area (Å²) in [5, 5.41) is 9.85. The van der Waals surface area contributed by atoms with Crippen molar-refractivity contribution in [3.63, 3.8) is 0 Å². The van der Waals surface area contributed by atoms with E-state index in [1.54, 1.807) is 6.07 Å². The van der Waals surface area contributed by atoms with Crippen molar-refractivity contribution in [1.82, 2.24) is 0 Å². The Labute approximate surface area is 127 Å². The summed E-state index contributed by atoms with van der Waals surface area (Å²) in [6.07, 6.45) is 6.24. The first-order valence-corrected chi connectivity index (χ1v) is 7.82. The van der Waals surface area contributed by atoms with Gasteiger partial charge < -0.3 is 9.84 Å². The second kappa shape index (κ2) is 8.35. The van der Waals surface area contributed by atoms with Gasteiger partial charge in [-0.05, 0) is 30.2 Å². The Bertz CT molecular complexity index is 532.